The van der Waals surface area contributed by atoms with Gasteiger partial charge in [0.1, 0.15) is 11.7 Å². The van der Waals surface area contributed by atoms with Gasteiger partial charge >= 0.3 is 6.03 Å². The maximum absolute atomic E-state index is 13.2. The van der Waals surface area contributed by atoms with Crippen LogP contribution in [0.25, 0.3) is 16.7 Å². The van der Waals surface area contributed by atoms with Gasteiger partial charge < -0.3 is 20.6 Å². The van der Waals surface area contributed by atoms with Crippen molar-refractivity contribution in [2.24, 2.45) is 5.92 Å². The molecule has 1 aliphatic carbocycles. The summed E-state index contributed by atoms with van der Waals surface area (Å²) in [7, 11) is 0. The molecule has 196 valence electrons. The van der Waals surface area contributed by atoms with E-state index in [0.717, 1.165) is 18.5 Å². The average molecular weight is 534 g/mol. The van der Waals surface area contributed by atoms with Crippen LogP contribution in [0.2, 0.25) is 0 Å². The first-order valence-corrected chi connectivity index (χ1v) is 13.5. The highest BCUT2D eigenvalue weighted by atomic mass is 32.1. The number of nitrogens with zero attached hydrogens (tertiary/aromatic N) is 5. The Morgan fingerprint density at radius 3 is 2.50 bits per heavy atom. The number of rotatable bonds is 6. The van der Waals surface area contributed by atoms with E-state index in [0.29, 0.717) is 48.3 Å². The number of carbonyl (C=O) groups is 2. The van der Waals surface area contributed by atoms with Gasteiger partial charge in [-0.2, -0.15) is 16.4 Å². The van der Waals surface area contributed by atoms with Gasteiger partial charge in [-0.25, -0.2) is 14.5 Å². The maximum atomic E-state index is 13.2. The molecular weight excluding hydrogens is 506 g/mol. The van der Waals surface area contributed by atoms with E-state index in [9.17, 15) is 19.5 Å². The van der Waals surface area contributed by atoms with Crippen LogP contribution < -0.4 is 16.2 Å². The van der Waals surface area contributed by atoms with Crippen molar-refractivity contribution in [2.45, 2.75) is 37.8 Å². The van der Waals surface area contributed by atoms with Crippen LogP contribution in [-0.4, -0.2) is 60.0 Å². The zero-order valence-electron chi connectivity index (χ0n) is 20.5. The summed E-state index contributed by atoms with van der Waals surface area (Å²) < 4.78 is 2.98. The number of aromatic nitrogens is 4. The summed E-state index contributed by atoms with van der Waals surface area (Å²) in [5.41, 5.74) is 1.05. The van der Waals surface area contributed by atoms with Crippen molar-refractivity contribution in [2.75, 3.05) is 23.7 Å². The van der Waals surface area contributed by atoms with E-state index in [4.69, 9.17) is 0 Å². The summed E-state index contributed by atoms with van der Waals surface area (Å²) in [4.78, 5) is 44.0. The Balaban J connectivity index is 1.14. The summed E-state index contributed by atoms with van der Waals surface area (Å²) in [5.74, 6) is 0.348. The number of benzene rings is 1. The first-order valence-electron chi connectivity index (χ1n) is 12.5. The molecule has 3 aromatic heterocycles. The molecule has 1 saturated heterocycles. The number of hydrogen-bond acceptors (Lipinski definition) is 7. The van der Waals surface area contributed by atoms with E-state index in [1.165, 1.54) is 28.4 Å². The van der Waals surface area contributed by atoms with Crippen molar-refractivity contribution >= 4 is 45.7 Å². The summed E-state index contributed by atoms with van der Waals surface area (Å²) >= 11 is 1.50. The van der Waals surface area contributed by atoms with E-state index >= 15 is 0 Å². The van der Waals surface area contributed by atoms with Gasteiger partial charge in [-0.15, -0.1) is 0 Å². The van der Waals surface area contributed by atoms with E-state index in [1.807, 2.05) is 21.7 Å². The Morgan fingerprint density at radius 2 is 1.82 bits per heavy atom. The number of amides is 3. The van der Waals surface area contributed by atoms with Gasteiger partial charge in [0.2, 0.25) is 5.91 Å². The normalized spacial score (nSPS) is 16.9. The van der Waals surface area contributed by atoms with Gasteiger partial charge in [-0.05, 0) is 61.4 Å². The fourth-order valence-electron chi connectivity index (χ4n) is 4.77. The predicted molar refractivity (Wildman–Crippen MR) is 144 cm³/mol. The smallest absolute Gasteiger partial charge is 0.323 e. The highest BCUT2D eigenvalue weighted by Gasteiger charge is 2.39. The second-order valence-electron chi connectivity index (χ2n) is 9.93. The molecule has 4 aromatic rings. The first kappa shape index (κ1) is 24.3. The summed E-state index contributed by atoms with van der Waals surface area (Å²) in [5, 5.41) is 25.1. The van der Waals surface area contributed by atoms with Crippen molar-refractivity contribution in [1.29, 1.82) is 0 Å². The fourth-order valence-corrected chi connectivity index (χ4v) is 5.36. The second kappa shape index (κ2) is 9.69. The molecule has 2 fully saturated rings. The monoisotopic (exact) mass is 533 g/mol. The largest absolute Gasteiger partial charge is 0.388 e. The number of fused-ring (bicyclic) bond motifs is 1. The molecule has 4 heterocycles. The van der Waals surface area contributed by atoms with Crippen molar-refractivity contribution in [1.82, 2.24) is 24.2 Å². The summed E-state index contributed by atoms with van der Waals surface area (Å²) in [6.45, 7) is 1.10. The number of likely N-dealkylation sites (tertiary alicyclic amines) is 1. The van der Waals surface area contributed by atoms with Gasteiger partial charge in [-0.1, -0.05) is 0 Å². The molecule has 12 heteroatoms. The predicted octanol–water partition coefficient (Wildman–Crippen LogP) is 3.05. The Labute approximate surface area is 221 Å². The third-order valence-electron chi connectivity index (χ3n) is 7.10. The molecule has 1 aliphatic heterocycles. The Kier molecular flexibility index (Phi) is 6.20. The molecule has 11 nitrogen and oxygen atoms in total. The van der Waals surface area contributed by atoms with Gasteiger partial charge in [0, 0.05) is 30.1 Å². The van der Waals surface area contributed by atoms with Crippen molar-refractivity contribution in [3.05, 3.63) is 64.0 Å². The molecule has 0 spiro atoms. The number of anilines is 2. The molecule has 0 bridgehead atoms. The van der Waals surface area contributed by atoms with E-state index in [1.54, 1.807) is 28.9 Å². The van der Waals surface area contributed by atoms with Crippen molar-refractivity contribution in [3.63, 3.8) is 0 Å². The number of carbonyl (C=O) groups excluding carboxylic acids is 2. The van der Waals surface area contributed by atoms with Gasteiger partial charge in [-0.3, -0.25) is 14.2 Å². The molecule has 0 radical (unpaired) electrons. The van der Waals surface area contributed by atoms with Crippen LogP contribution in [0.1, 0.15) is 25.7 Å². The number of thiophene rings is 1. The molecule has 38 heavy (non-hydrogen) atoms. The number of hydrogen-bond donors (Lipinski definition) is 3. The molecule has 2 aliphatic rings. The van der Waals surface area contributed by atoms with Crippen molar-refractivity contribution < 1.29 is 14.7 Å². The minimum Gasteiger partial charge on any atom is -0.388 e. The highest BCUT2D eigenvalue weighted by molar-refractivity contribution is 7.08. The lowest BCUT2D eigenvalue weighted by atomic mass is 9.91. The van der Waals surface area contributed by atoms with Gasteiger partial charge in [0.05, 0.1) is 29.7 Å². The number of piperidine rings is 1. The number of nitrogens with one attached hydrogen (secondary N) is 2. The third-order valence-corrected chi connectivity index (χ3v) is 7.78. The molecule has 6 rings (SSSR count). The number of urea groups is 1. The SMILES string of the molecule is O=C(Nc1ccc(-n2ncc3c(=O)n(CC4(O)CCN(C(=O)C5CC5)CC4)cnc32)cc1)Nc1ccsc1. The molecule has 1 saturated carbocycles. The molecule has 1 aromatic carbocycles. The lowest BCUT2D eigenvalue weighted by molar-refractivity contribution is -0.137. The minimum atomic E-state index is -1.08. The molecule has 3 N–H and O–H groups in total. The average Bonchev–Trinajstić information content (AvgIpc) is 3.47. The lowest BCUT2D eigenvalue weighted by Gasteiger charge is -2.38. The lowest BCUT2D eigenvalue weighted by Crippen LogP contribution is -2.50. The van der Waals surface area contributed by atoms with E-state index < -0.39 is 5.60 Å². The van der Waals surface area contributed by atoms with Crippen LogP contribution in [0.5, 0.6) is 0 Å². The van der Waals surface area contributed by atoms with Crippen LogP contribution in [0.3, 0.4) is 0 Å². The third kappa shape index (κ3) is 4.92. The molecule has 3 amide bonds. The quantitative estimate of drug-likeness (QED) is 0.349. The second-order valence-corrected chi connectivity index (χ2v) is 10.7. The van der Waals surface area contributed by atoms with Crippen LogP contribution in [0.4, 0.5) is 16.2 Å². The summed E-state index contributed by atoms with van der Waals surface area (Å²) in [6, 6.07) is 8.52. The zero-order chi connectivity index (χ0) is 26.3. The zero-order valence-corrected chi connectivity index (χ0v) is 21.4. The van der Waals surface area contributed by atoms with Crippen LogP contribution in [-0.2, 0) is 11.3 Å². The van der Waals surface area contributed by atoms with E-state index in [2.05, 4.69) is 20.7 Å². The van der Waals surface area contributed by atoms with Gasteiger partial charge in [0.25, 0.3) is 5.56 Å². The van der Waals surface area contributed by atoms with Crippen LogP contribution in [0, 0.1) is 5.92 Å². The minimum absolute atomic E-state index is 0.110. The first-order chi connectivity index (χ1) is 18.4. The van der Waals surface area contributed by atoms with Crippen LogP contribution in [0.15, 0.2) is 58.4 Å². The summed E-state index contributed by atoms with van der Waals surface area (Å²) in [6.07, 6.45) is 5.67. The standard InChI is InChI=1S/C26H27N7O4S/c34-23(17-1-2-17)31-10-8-26(37,9-11-31)15-32-16-27-22-21(24(32)35)13-28-33(22)20-5-3-18(4-6-20)29-25(36)30-19-7-12-38-14-19/h3-7,12-14,16-17,37H,1-2,8-11,15H2,(H2,29,30,36). The van der Waals surface area contributed by atoms with Crippen molar-refractivity contribution in [3.8, 4) is 5.69 Å². The Hall–Kier alpha value is -4.03. The van der Waals surface area contributed by atoms with Gasteiger partial charge in [0.15, 0.2) is 5.65 Å². The Morgan fingerprint density at radius 1 is 1.08 bits per heavy atom. The Bertz CT molecular complexity index is 1530. The molecule has 0 atom stereocenters. The highest BCUT2D eigenvalue weighted by Crippen LogP contribution is 2.33. The van der Waals surface area contributed by atoms with Crippen LogP contribution >= 0.6 is 11.3 Å². The molecule has 0 unspecified atom stereocenters. The maximum Gasteiger partial charge on any atom is 0.323 e. The topological polar surface area (TPSA) is 134 Å². The number of aliphatic hydroxyl groups is 1. The fraction of sp³-hybridized carbons (Fsp3) is 0.346. The molecular formula is C26H27N7O4S. The van der Waals surface area contributed by atoms with E-state index in [-0.39, 0.29) is 30.0 Å².